The molecule has 0 aliphatic carbocycles. The van der Waals surface area contributed by atoms with Gasteiger partial charge >= 0.3 is 0 Å². The van der Waals surface area contributed by atoms with E-state index in [4.69, 9.17) is 9.88 Å². The van der Waals surface area contributed by atoms with Crippen LogP contribution in [0.1, 0.15) is 24.2 Å². The molecule has 0 saturated heterocycles. The van der Waals surface area contributed by atoms with Gasteiger partial charge in [-0.3, -0.25) is 4.79 Å². The molecule has 0 atom stereocenters. The highest BCUT2D eigenvalue weighted by molar-refractivity contribution is 7.89. The predicted molar refractivity (Wildman–Crippen MR) is 71.2 cm³/mol. The van der Waals surface area contributed by atoms with Crippen LogP contribution in [0.15, 0.2) is 29.2 Å². The molecular formula is C12H18N2O4S. The van der Waals surface area contributed by atoms with Crippen molar-refractivity contribution >= 4 is 15.9 Å². The summed E-state index contributed by atoms with van der Waals surface area (Å²) in [6.07, 6.45) is 0.0996. The van der Waals surface area contributed by atoms with Crippen LogP contribution in [0.3, 0.4) is 0 Å². The molecular weight excluding hydrogens is 268 g/mol. The minimum absolute atomic E-state index is 0.0846. The van der Waals surface area contributed by atoms with Crippen LogP contribution in [-0.4, -0.2) is 33.6 Å². The zero-order valence-corrected chi connectivity index (χ0v) is 11.7. The average Bonchev–Trinajstić information content (AvgIpc) is 2.33. The fourth-order valence-corrected chi connectivity index (χ4v) is 1.94. The Hall–Kier alpha value is -1.44. The van der Waals surface area contributed by atoms with Crippen molar-refractivity contribution in [3.63, 3.8) is 0 Å². The normalized spacial score (nSPS) is 11.6. The Kier molecular flexibility index (Phi) is 5.46. The van der Waals surface area contributed by atoms with Crippen molar-refractivity contribution in [2.75, 3.05) is 13.2 Å². The Labute approximate surface area is 113 Å². The molecule has 0 aromatic heterocycles. The zero-order valence-electron chi connectivity index (χ0n) is 10.9. The molecule has 0 radical (unpaired) electrons. The lowest BCUT2D eigenvalue weighted by Crippen LogP contribution is -2.28. The Morgan fingerprint density at radius 1 is 1.42 bits per heavy atom. The van der Waals surface area contributed by atoms with E-state index in [0.717, 1.165) is 0 Å². The van der Waals surface area contributed by atoms with E-state index in [1.807, 2.05) is 13.8 Å². The van der Waals surface area contributed by atoms with Gasteiger partial charge in [-0.05, 0) is 32.0 Å². The minimum atomic E-state index is -3.80. The summed E-state index contributed by atoms with van der Waals surface area (Å²) in [5.41, 5.74) is 0.246. The number of nitrogens with two attached hydrogens (primary N) is 1. The third-order valence-electron chi connectivity index (χ3n) is 2.26. The van der Waals surface area contributed by atoms with Gasteiger partial charge in [-0.25, -0.2) is 13.6 Å². The Balaban J connectivity index is 2.63. The Morgan fingerprint density at radius 2 is 2.11 bits per heavy atom. The summed E-state index contributed by atoms with van der Waals surface area (Å²) < 4.78 is 27.6. The van der Waals surface area contributed by atoms with E-state index in [9.17, 15) is 13.2 Å². The maximum Gasteiger partial charge on any atom is 0.251 e. The number of carbonyl (C=O) groups excluding carboxylic acids is 1. The molecule has 7 heteroatoms. The van der Waals surface area contributed by atoms with Crippen LogP contribution < -0.4 is 10.5 Å². The van der Waals surface area contributed by atoms with Gasteiger partial charge in [0.05, 0.1) is 17.6 Å². The zero-order chi connectivity index (χ0) is 14.5. The predicted octanol–water partition coefficient (Wildman–Crippen LogP) is 0.489. The number of ether oxygens (including phenoxy) is 1. The van der Waals surface area contributed by atoms with Crippen molar-refractivity contribution in [2.45, 2.75) is 24.8 Å². The van der Waals surface area contributed by atoms with Crippen molar-refractivity contribution in [2.24, 2.45) is 5.14 Å². The van der Waals surface area contributed by atoms with E-state index in [0.29, 0.717) is 13.2 Å². The number of sulfonamides is 1. The van der Waals surface area contributed by atoms with Crippen LogP contribution >= 0.6 is 0 Å². The van der Waals surface area contributed by atoms with Gasteiger partial charge < -0.3 is 10.1 Å². The third kappa shape index (κ3) is 5.37. The summed E-state index contributed by atoms with van der Waals surface area (Å²) in [6.45, 7) is 4.56. The second-order valence-corrected chi connectivity index (χ2v) is 5.81. The maximum absolute atomic E-state index is 11.8. The molecule has 6 nitrogen and oxygen atoms in total. The van der Waals surface area contributed by atoms with E-state index in [1.165, 1.54) is 24.3 Å². The monoisotopic (exact) mass is 286 g/mol. The second kappa shape index (κ2) is 6.65. The molecule has 3 N–H and O–H groups in total. The van der Waals surface area contributed by atoms with Gasteiger partial charge in [-0.15, -0.1) is 0 Å². The standard InChI is InChI=1S/C12H18N2O4S/c1-9(2)18-7-6-14-12(15)10-4-3-5-11(8-10)19(13,16)17/h3-5,8-9H,6-7H2,1-2H3,(H,14,15)(H2,13,16,17). The fraction of sp³-hybridized carbons (Fsp3) is 0.417. The molecule has 0 aliphatic rings. The molecule has 1 rings (SSSR count). The van der Waals surface area contributed by atoms with E-state index in [2.05, 4.69) is 5.32 Å². The molecule has 106 valence electrons. The number of rotatable bonds is 6. The van der Waals surface area contributed by atoms with E-state index in [-0.39, 0.29) is 22.5 Å². The van der Waals surface area contributed by atoms with Crippen molar-refractivity contribution in [3.05, 3.63) is 29.8 Å². The molecule has 0 spiro atoms. The first-order valence-electron chi connectivity index (χ1n) is 5.83. The lowest BCUT2D eigenvalue weighted by Gasteiger charge is -2.09. The van der Waals surface area contributed by atoms with Crippen LogP contribution in [-0.2, 0) is 14.8 Å². The number of hydrogen-bond acceptors (Lipinski definition) is 4. The van der Waals surface area contributed by atoms with Crippen molar-refractivity contribution in [3.8, 4) is 0 Å². The average molecular weight is 286 g/mol. The lowest BCUT2D eigenvalue weighted by molar-refractivity contribution is 0.0746. The molecule has 0 heterocycles. The number of primary sulfonamides is 1. The third-order valence-corrected chi connectivity index (χ3v) is 3.17. The summed E-state index contributed by atoms with van der Waals surface area (Å²) >= 11 is 0. The van der Waals surface area contributed by atoms with E-state index < -0.39 is 10.0 Å². The quantitative estimate of drug-likeness (QED) is 0.743. The number of nitrogens with one attached hydrogen (secondary N) is 1. The SMILES string of the molecule is CC(C)OCCNC(=O)c1cccc(S(N)(=O)=O)c1. The van der Waals surface area contributed by atoms with E-state index in [1.54, 1.807) is 0 Å². The first-order chi connectivity index (χ1) is 8.80. The molecule has 0 saturated carbocycles. The summed E-state index contributed by atoms with van der Waals surface area (Å²) in [6, 6.07) is 5.58. The molecule has 1 aromatic rings. The topological polar surface area (TPSA) is 98.5 Å². The molecule has 0 unspecified atom stereocenters. The van der Waals surface area contributed by atoms with Crippen molar-refractivity contribution in [1.82, 2.24) is 5.32 Å². The van der Waals surface area contributed by atoms with Crippen LogP contribution in [0.2, 0.25) is 0 Å². The Morgan fingerprint density at radius 3 is 2.68 bits per heavy atom. The first-order valence-corrected chi connectivity index (χ1v) is 7.38. The molecule has 19 heavy (non-hydrogen) atoms. The fourth-order valence-electron chi connectivity index (χ4n) is 1.38. The highest BCUT2D eigenvalue weighted by atomic mass is 32.2. The summed E-state index contributed by atoms with van der Waals surface area (Å²) in [5, 5.41) is 7.63. The highest BCUT2D eigenvalue weighted by Gasteiger charge is 2.11. The molecule has 0 fully saturated rings. The van der Waals surface area contributed by atoms with Gasteiger partial charge in [0.15, 0.2) is 0 Å². The first kappa shape index (κ1) is 15.6. The highest BCUT2D eigenvalue weighted by Crippen LogP contribution is 2.09. The van der Waals surface area contributed by atoms with Crippen molar-refractivity contribution < 1.29 is 17.9 Å². The van der Waals surface area contributed by atoms with Crippen LogP contribution in [0.4, 0.5) is 0 Å². The molecule has 1 amide bonds. The molecule has 0 bridgehead atoms. The van der Waals surface area contributed by atoms with Crippen LogP contribution in [0, 0.1) is 0 Å². The largest absolute Gasteiger partial charge is 0.377 e. The van der Waals surface area contributed by atoms with Gasteiger partial charge in [-0.1, -0.05) is 6.07 Å². The molecule has 1 aromatic carbocycles. The number of hydrogen-bond donors (Lipinski definition) is 2. The smallest absolute Gasteiger partial charge is 0.251 e. The number of carbonyl (C=O) groups is 1. The van der Waals surface area contributed by atoms with Gasteiger partial charge in [-0.2, -0.15) is 0 Å². The van der Waals surface area contributed by atoms with Gasteiger partial charge in [0.2, 0.25) is 10.0 Å². The maximum atomic E-state index is 11.8. The summed E-state index contributed by atoms with van der Waals surface area (Å²) in [4.78, 5) is 11.7. The lowest BCUT2D eigenvalue weighted by atomic mass is 10.2. The van der Waals surface area contributed by atoms with Crippen LogP contribution in [0.25, 0.3) is 0 Å². The van der Waals surface area contributed by atoms with Crippen molar-refractivity contribution in [1.29, 1.82) is 0 Å². The number of amides is 1. The number of benzene rings is 1. The van der Waals surface area contributed by atoms with Gasteiger partial charge in [0.25, 0.3) is 5.91 Å². The second-order valence-electron chi connectivity index (χ2n) is 4.25. The van der Waals surface area contributed by atoms with Crippen LogP contribution in [0.5, 0.6) is 0 Å². The summed E-state index contributed by atoms with van der Waals surface area (Å²) in [7, 11) is -3.80. The minimum Gasteiger partial charge on any atom is -0.377 e. The summed E-state index contributed by atoms with van der Waals surface area (Å²) in [5.74, 6) is -0.363. The van der Waals surface area contributed by atoms with Gasteiger partial charge in [0, 0.05) is 12.1 Å². The van der Waals surface area contributed by atoms with E-state index >= 15 is 0 Å². The molecule has 0 aliphatic heterocycles. The Bertz CT molecular complexity index is 540. The van der Waals surface area contributed by atoms with Gasteiger partial charge in [0.1, 0.15) is 0 Å².